The van der Waals surface area contributed by atoms with Crippen LogP contribution in [0.15, 0.2) is 0 Å². The predicted molar refractivity (Wildman–Crippen MR) is 86.4 cm³/mol. The molecular weight excluding hydrogens is 312 g/mol. The zero-order valence-electron chi connectivity index (χ0n) is 14.4. The Labute approximate surface area is 140 Å². The van der Waals surface area contributed by atoms with Crippen LogP contribution in [0.4, 0.5) is 10.5 Å². The van der Waals surface area contributed by atoms with Crippen molar-refractivity contribution >= 4 is 17.7 Å². The van der Waals surface area contributed by atoms with Crippen molar-refractivity contribution in [1.29, 1.82) is 5.26 Å². The van der Waals surface area contributed by atoms with Crippen molar-refractivity contribution in [3.05, 3.63) is 17.0 Å². The highest BCUT2D eigenvalue weighted by Gasteiger charge is 2.30. The first-order valence-electron chi connectivity index (χ1n) is 7.66. The summed E-state index contributed by atoms with van der Waals surface area (Å²) in [5.74, 6) is -0.596. The molecule has 8 nitrogen and oxygen atoms in total. The monoisotopic (exact) mass is 334 g/mol. The Morgan fingerprint density at radius 2 is 1.92 bits per heavy atom. The summed E-state index contributed by atoms with van der Waals surface area (Å²) in [5.41, 5.74) is 6.56. The molecule has 2 rings (SSSR count). The zero-order chi connectivity index (χ0) is 18.1. The SMILES string of the molecule is COC(=O)c1c(N)c(C#N)c2n1CCN(C(=O)OC(C)(C)C)CC2. The number of carbonyl (C=O) groups excluding carboxylic acids is 2. The molecule has 24 heavy (non-hydrogen) atoms. The van der Waals surface area contributed by atoms with Crippen LogP contribution in [0.5, 0.6) is 0 Å². The number of aromatic nitrogens is 1. The van der Waals surface area contributed by atoms with E-state index in [1.807, 2.05) is 6.07 Å². The third-order valence-electron chi connectivity index (χ3n) is 3.76. The first-order valence-corrected chi connectivity index (χ1v) is 7.66. The van der Waals surface area contributed by atoms with Crippen LogP contribution in [0.1, 0.15) is 42.5 Å². The molecule has 0 saturated carbocycles. The van der Waals surface area contributed by atoms with Crippen molar-refractivity contribution in [2.24, 2.45) is 0 Å². The van der Waals surface area contributed by atoms with Crippen LogP contribution in [0.3, 0.4) is 0 Å². The number of esters is 1. The lowest BCUT2D eigenvalue weighted by molar-refractivity contribution is 0.0254. The number of carbonyl (C=O) groups is 2. The van der Waals surface area contributed by atoms with Gasteiger partial charge in [-0.2, -0.15) is 5.26 Å². The molecule has 8 heteroatoms. The minimum atomic E-state index is -0.596. The second kappa shape index (κ2) is 6.43. The van der Waals surface area contributed by atoms with Crippen molar-refractivity contribution in [1.82, 2.24) is 9.47 Å². The van der Waals surface area contributed by atoms with Crippen molar-refractivity contribution in [3.8, 4) is 6.07 Å². The van der Waals surface area contributed by atoms with E-state index >= 15 is 0 Å². The second-order valence-electron chi connectivity index (χ2n) is 6.56. The second-order valence-corrected chi connectivity index (χ2v) is 6.56. The van der Waals surface area contributed by atoms with Crippen LogP contribution in [0.2, 0.25) is 0 Å². The summed E-state index contributed by atoms with van der Waals surface area (Å²) in [5, 5.41) is 9.36. The summed E-state index contributed by atoms with van der Waals surface area (Å²) in [4.78, 5) is 25.8. The minimum Gasteiger partial charge on any atom is -0.464 e. The number of ether oxygens (including phenoxy) is 2. The van der Waals surface area contributed by atoms with Crippen molar-refractivity contribution in [2.75, 3.05) is 25.9 Å². The van der Waals surface area contributed by atoms with Gasteiger partial charge in [0.05, 0.1) is 18.4 Å². The highest BCUT2D eigenvalue weighted by atomic mass is 16.6. The molecule has 1 aromatic heterocycles. The molecule has 0 aliphatic carbocycles. The van der Waals surface area contributed by atoms with Gasteiger partial charge in [0.15, 0.2) is 5.69 Å². The number of methoxy groups -OCH3 is 1. The van der Waals surface area contributed by atoms with Gasteiger partial charge in [-0.05, 0) is 20.8 Å². The quantitative estimate of drug-likeness (QED) is 0.780. The normalized spacial score (nSPS) is 14.4. The molecule has 0 atom stereocenters. The van der Waals surface area contributed by atoms with Crippen LogP contribution in [-0.2, 0) is 22.4 Å². The molecule has 0 aromatic carbocycles. The van der Waals surface area contributed by atoms with Crippen LogP contribution in [-0.4, -0.2) is 47.3 Å². The average Bonchev–Trinajstić information content (AvgIpc) is 2.62. The summed E-state index contributed by atoms with van der Waals surface area (Å²) in [7, 11) is 1.26. The van der Waals surface area contributed by atoms with E-state index in [1.54, 1.807) is 30.2 Å². The van der Waals surface area contributed by atoms with Gasteiger partial charge in [0.1, 0.15) is 11.7 Å². The molecular formula is C16H22N4O4. The van der Waals surface area contributed by atoms with Gasteiger partial charge in [-0.1, -0.05) is 0 Å². The Balaban J connectivity index is 2.32. The Kier molecular flexibility index (Phi) is 4.73. The Morgan fingerprint density at radius 1 is 1.25 bits per heavy atom. The van der Waals surface area contributed by atoms with E-state index in [0.717, 1.165) is 0 Å². The number of hydrogen-bond donors (Lipinski definition) is 1. The maximum absolute atomic E-state index is 12.2. The summed E-state index contributed by atoms with van der Waals surface area (Å²) in [6.45, 7) is 6.48. The number of anilines is 1. The number of nitriles is 1. The first-order chi connectivity index (χ1) is 11.2. The molecule has 0 spiro atoms. The summed E-state index contributed by atoms with van der Waals surface area (Å²) in [6, 6.07) is 2.04. The maximum atomic E-state index is 12.2. The fraction of sp³-hybridized carbons (Fsp3) is 0.562. The third-order valence-corrected chi connectivity index (χ3v) is 3.76. The number of hydrogen-bond acceptors (Lipinski definition) is 6. The molecule has 0 fully saturated rings. The van der Waals surface area contributed by atoms with Crippen LogP contribution in [0, 0.1) is 11.3 Å². The lowest BCUT2D eigenvalue weighted by atomic mass is 10.1. The predicted octanol–water partition coefficient (Wildman–Crippen LogP) is 1.52. The van der Waals surface area contributed by atoms with Crippen molar-refractivity contribution in [2.45, 2.75) is 39.3 Å². The highest BCUT2D eigenvalue weighted by Crippen LogP contribution is 2.28. The molecule has 0 bridgehead atoms. The smallest absolute Gasteiger partial charge is 0.410 e. The molecule has 1 aliphatic rings. The lowest BCUT2D eigenvalue weighted by Crippen LogP contribution is -2.38. The number of fused-ring (bicyclic) bond motifs is 1. The van der Waals surface area contributed by atoms with Gasteiger partial charge < -0.3 is 24.7 Å². The van der Waals surface area contributed by atoms with Gasteiger partial charge in [-0.15, -0.1) is 0 Å². The van der Waals surface area contributed by atoms with Gasteiger partial charge in [-0.25, -0.2) is 9.59 Å². The molecule has 1 aliphatic heterocycles. The van der Waals surface area contributed by atoms with E-state index in [1.165, 1.54) is 7.11 Å². The summed E-state index contributed by atoms with van der Waals surface area (Å²) < 4.78 is 11.8. The number of nitrogen functional groups attached to an aromatic ring is 1. The lowest BCUT2D eigenvalue weighted by Gasteiger charge is -2.26. The fourth-order valence-electron chi connectivity index (χ4n) is 2.72. The molecule has 0 radical (unpaired) electrons. The molecule has 2 N–H and O–H groups in total. The van der Waals surface area contributed by atoms with Crippen LogP contribution < -0.4 is 5.73 Å². The maximum Gasteiger partial charge on any atom is 0.410 e. The van der Waals surface area contributed by atoms with E-state index in [9.17, 15) is 14.9 Å². The van der Waals surface area contributed by atoms with Crippen LogP contribution in [0.25, 0.3) is 0 Å². The zero-order valence-corrected chi connectivity index (χ0v) is 14.4. The van der Waals surface area contributed by atoms with Crippen molar-refractivity contribution in [3.63, 3.8) is 0 Å². The molecule has 0 unspecified atom stereocenters. The van der Waals surface area contributed by atoms with Gasteiger partial charge in [0.25, 0.3) is 0 Å². The molecule has 2 heterocycles. The highest BCUT2D eigenvalue weighted by molar-refractivity contribution is 5.95. The van der Waals surface area contributed by atoms with E-state index in [0.29, 0.717) is 31.7 Å². The van der Waals surface area contributed by atoms with E-state index in [2.05, 4.69) is 0 Å². The Bertz CT molecular complexity index is 709. The topological polar surface area (TPSA) is 111 Å². The van der Waals surface area contributed by atoms with Gasteiger partial charge in [0.2, 0.25) is 0 Å². The standard InChI is InChI=1S/C16H22N4O4/c1-16(2,3)24-15(22)19-6-5-11-10(9-17)12(18)13(14(21)23-4)20(11)8-7-19/h5-8,18H2,1-4H3. The number of rotatable bonds is 1. The van der Waals surface area contributed by atoms with Gasteiger partial charge in [0, 0.05) is 31.7 Å². The fourth-order valence-corrected chi connectivity index (χ4v) is 2.72. The molecule has 1 aromatic rings. The van der Waals surface area contributed by atoms with Gasteiger partial charge in [-0.3, -0.25) is 0 Å². The summed E-state index contributed by atoms with van der Waals surface area (Å²) in [6.07, 6.45) is -0.0112. The molecule has 0 saturated heterocycles. The van der Waals surface area contributed by atoms with Crippen molar-refractivity contribution < 1.29 is 19.1 Å². The van der Waals surface area contributed by atoms with Gasteiger partial charge >= 0.3 is 12.1 Å². The average molecular weight is 334 g/mol. The molecule has 130 valence electrons. The Hall–Kier alpha value is -2.69. The number of nitrogens with two attached hydrogens (primary N) is 1. The third kappa shape index (κ3) is 3.30. The summed E-state index contributed by atoms with van der Waals surface area (Å²) >= 11 is 0. The van der Waals surface area contributed by atoms with E-state index in [4.69, 9.17) is 15.2 Å². The largest absolute Gasteiger partial charge is 0.464 e. The van der Waals surface area contributed by atoms with E-state index < -0.39 is 17.7 Å². The Morgan fingerprint density at radius 3 is 2.46 bits per heavy atom. The number of amides is 1. The molecule has 1 amide bonds. The van der Waals surface area contributed by atoms with E-state index in [-0.39, 0.29) is 16.9 Å². The first kappa shape index (κ1) is 17.7. The minimum absolute atomic E-state index is 0.130. The number of nitrogens with zero attached hydrogens (tertiary/aromatic N) is 3. The van der Waals surface area contributed by atoms with Crippen LogP contribution >= 0.6 is 0 Å².